The van der Waals surface area contributed by atoms with Crippen LogP contribution in [-0.2, 0) is 20.0 Å². The third-order valence-electron chi connectivity index (χ3n) is 2.48. The lowest BCUT2D eigenvalue weighted by atomic mass is 10.3. The lowest BCUT2D eigenvalue weighted by Crippen LogP contribution is -2.05. The number of nitrogens with zero attached hydrogens (tertiary/aromatic N) is 2. The Morgan fingerprint density at radius 3 is 2.94 bits per heavy atom. The fourth-order valence-corrected chi connectivity index (χ4v) is 2.93. The van der Waals surface area contributed by atoms with Crippen LogP contribution in [0.2, 0.25) is 0 Å². The third kappa shape index (κ3) is 2.30. The van der Waals surface area contributed by atoms with Gasteiger partial charge >= 0.3 is 0 Å². The molecule has 0 bridgehead atoms. The molecule has 5 heteroatoms. The molecule has 0 radical (unpaired) electrons. The molecule has 2 rings (SSSR count). The van der Waals surface area contributed by atoms with Crippen molar-refractivity contribution in [2.75, 3.05) is 5.32 Å². The Labute approximate surface area is 108 Å². The summed E-state index contributed by atoms with van der Waals surface area (Å²) in [6.45, 7) is 2.91. The van der Waals surface area contributed by atoms with Crippen molar-refractivity contribution in [3.05, 3.63) is 32.7 Å². The van der Waals surface area contributed by atoms with E-state index in [0.717, 1.165) is 28.8 Å². The standard InChI is InChI=1S/C11H14BrN3S/c1-3-9-11(12)10(15(2)14-9)6-13-8-4-5-16-7-8/h4-5,7,13H,3,6H2,1-2H3. The molecule has 0 aromatic carbocycles. The summed E-state index contributed by atoms with van der Waals surface area (Å²) in [4.78, 5) is 0. The Kier molecular flexibility index (Phi) is 3.66. The highest BCUT2D eigenvalue weighted by Gasteiger charge is 2.11. The van der Waals surface area contributed by atoms with E-state index in [-0.39, 0.29) is 0 Å². The van der Waals surface area contributed by atoms with Gasteiger partial charge < -0.3 is 5.32 Å². The normalized spacial score (nSPS) is 10.7. The van der Waals surface area contributed by atoms with E-state index < -0.39 is 0 Å². The average Bonchev–Trinajstić information content (AvgIpc) is 2.86. The van der Waals surface area contributed by atoms with Gasteiger partial charge in [-0.05, 0) is 33.8 Å². The maximum absolute atomic E-state index is 4.46. The number of aryl methyl sites for hydroxylation is 2. The zero-order chi connectivity index (χ0) is 11.5. The molecule has 2 aromatic rings. The van der Waals surface area contributed by atoms with Gasteiger partial charge in [-0.25, -0.2) is 0 Å². The van der Waals surface area contributed by atoms with Crippen molar-refractivity contribution in [3.63, 3.8) is 0 Å². The van der Waals surface area contributed by atoms with Gasteiger partial charge in [-0.15, -0.1) is 0 Å². The quantitative estimate of drug-likeness (QED) is 0.937. The minimum Gasteiger partial charge on any atom is -0.379 e. The van der Waals surface area contributed by atoms with Crippen LogP contribution in [0.1, 0.15) is 18.3 Å². The van der Waals surface area contributed by atoms with E-state index in [2.05, 4.69) is 50.1 Å². The molecule has 0 spiro atoms. The van der Waals surface area contributed by atoms with Gasteiger partial charge in [0.25, 0.3) is 0 Å². The number of halogens is 1. The van der Waals surface area contributed by atoms with E-state index in [1.165, 1.54) is 5.69 Å². The second kappa shape index (κ2) is 5.01. The highest BCUT2D eigenvalue weighted by molar-refractivity contribution is 9.10. The Hall–Kier alpha value is -0.810. The first-order valence-electron chi connectivity index (χ1n) is 5.18. The number of rotatable bonds is 4. The molecule has 16 heavy (non-hydrogen) atoms. The van der Waals surface area contributed by atoms with Crippen molar-refractivity contribution in [2.45, 2.75) is 19.9 Å². The van der Waals surface area contributed by atoms with Crippen LogP contribution in [0.15, 0.2) is 21.3 Å². The van der Waals surface area contributed by atoms with Crippen LogP contribution < -0.4 is 5.32 Å². The van der Waals surface area contributed by atoms with E-state index in [9.17, 15) is 0 Å². The highest BCUT2D eigenvalue weighted by atomic mass is 79.9. The Bertz CT molecular complexity index is 462. The molecule has 2 aromatic heterocycles. The van der Waals surface area contributed by atoms with Crippen LogP contribution in [0.4, 0.5) is 5.69 Å². The van der Waals surface area contributed by atoms with Gasteiger partial charge in [-0.2, -0.15) is 16.4 Å². The molecule has 0 amide bonds. The molecule has 2 heterocycles. The van der Waals surface area contributed by atoms with E-state index in [0.29, 0.717) is 0 Å². The van der Waals surface area contributed by atoms with Gasteiger partial charge in [0.1, 0.15) is 0 Å². The summed E-state index contributed by atoms with van der Waals surface area (Å²) in [6, 6.07) is 2.08. The van der Waals surface area contributed by atoms with Crippen LogP contribution in [0.3, 0.4) is 0 Å². The number of nitrogens with one attached hydrogen (secondary N) is 1. The van der Waals surface area contributed by atoms with Gasteiger partial charge in [0.05, 0.1) is 22.4 Å². The predicted molar refractivity (Wildman–Crippen MR) is 71.9 cm³/mol. The van der Waals surface area contributed by atoms with E-state index >= 15 is 0 Å². The molecule has 0 saturated heterocycles. The van der Waals surface area contributed by atoms with Crippen molar-refractivity contribution >= 4 is 33.0 Å². The lowest BCUT2D eigenvalue weighted by molar-refractivity contribution is 0.706. The first-order valence-corrected chi connectivity index (χ1v) is 6.92. The van der Waals surface area contributed by atoms with Crippen molar-refractivity contribution in [1.29, 1.82) is 0 Å². The van der Waals surface area contributed by atoms with Crippen LogP contribution in [0.5, 0.6) is 0 Å². The van der Waals surface area contributed by atoms with Crippen molar-refractivity contribution in [1.82, 2.24) is 9.78 Å². The largest absolute Gasteiger partial charge is 0.379 e. The topological polar surface area (TPSA) is 29.9 Å². The summed E-state index contributed by atoms with van der Waals surface area (Å²) in [7, 11) is 1.98. The van der Waals surface area contributed by atoms with Crippen molar-refractivity contribution in [3.8, 4) is 0 Å². The molecule has 3 nitrogen and oxygen atoms in total. The van der Waals surface area contributed by atoms with Crippen molar-refractivity contribution in [2.24, 2.45) is 7.05 Å². The minimum absolute atomic E-state index is 0.792. The van der Waals surface area contributed by atoms with E-state index in [1.807, 2.05) is 11.7 Å². The fourth-order valence-electron chi connectivity index (χ4n) is 1.56. The second-order valence-corrected chi connectivity index (χ2v) is 5.12. The third-order valence-corrected chi connectivity index (χ3v) is 4.08. The fraction of sp³-hybridized carbons (Fsp3) is 0.364. The van der Waals surface area contributed by atoms with Gasteiger partial charge in [-0.3, -0.25) is 4.68 Å². The second-order valence-electron chi connectivity index (χ2n) is 3.55. The minimum atomic E-state index is 0.792. The number of anilines is 1. The van der Waals surface area contributed by atoms with Crippen LogP contribution in [0, 0.1) is 0 Å². The van der Waals surface area contributed by atoms with E-state index in [4.69, 9.17) is 0 Å². The molecule has 0 atom stereocenters. The van der Waals surface area contributed by atoms with Gasteiger partial charge in [-0.1, -0.05) is 6.92 Å². The molecule has 1 N–H and O–H groups in total. The summed E-state index contributed by atoms with van der Waals surface area (Å²) in [6.07, 6.45) is 0.951. The van der Waals surface area contributed by atoms with Crippen LogP contribution >= 0.6 is 27.3 Å². The van der Waals surface area contributed by atoms with Gasteiger partial charge in [0.15, 0.2) is 0 Å². The Balaban J connectivity index is 2.12. The first kappa shape index (κ1) is 11.7. The zero-order valence-corrected chi connectivity index (χ0v) is 11.7. The lowest BCUT2D eigenvalue weighted by Gasteiger charge is -2.05. The number of aromatic nitrogens is 2. The molecule has 0 unspecified atom stereocenters. The maximum atomic E-state index is 4.46. The number of hydrogen-bond donors (Lipinski definition) is 1. The summed E-state index contributed by atoms with van der Waals surface area (Å²) >= 11 is 5.30. The summed E-state index contributed by atoms with van der Waals surface area (Å²) in [5, 5.41) is 12.0. The van der Waals surface area contributed by atoms with Gasteiger partial charge in [0, 0.05) is 18.1 Å². The Morgan fingerprint density at radius 2 is 2.38 bits per heavy atom. The zero-order valence-electron chi connectivity index (χ0n) is 9.33. The van der Waals surface area contributed by atoms with Crippen LogP contribution in [0.25, 0.3) is 0 Å². The Morgan fingerprint density at radius 1 is 1.56 bits per heavy atom. The van der Waals surface area contributed by atoms with Crippen LogP contribution in [-0.4, -0.2) is 9.78 Å². The first-order chi connectivity index (χ1) is 7.72. The predicted octanol–water partition coefficient (Wildman–Crippen LogP) is 3.42. The molecule has 0 aliphatic heterocycles. The monoisotopic (exact) mass is 299 g/mol. The smallest absolute Gasteiger partial charge is 0.0767 e. The number of hydrogen-bond acceptors (Lipinski definition) is 3. The van der Waals surface area contributed by atoms with Crippen molar-refractivity contribution < 1.29 is 0 Å². The molecular formula is C11H14BrN3S. The average molecular weight is 300 g/mol. The summed E-state index contributed by atoms with van der Waals surface area (Å²) in [5.41, 5.74) is 3.46. The van der Waals surface area contributed by atoms with Gasteiger partial charge in [0.2, 0.25) is 0 Å². The maximum Gasteiger partial charge on any atom is 0.0767 e. The molecule has 0 fully saturated rings. The highest BCUT2D eigenvalue weighted by Crippen LogP contribution is 2.23. The van der Waals surface area contributed by atoms with E-state index in [1.54, 1.807) is 11.3 Å². The molecule has 0 saturated carbocycles. The molecule has 86 valence electrons. The summed E-state index contributed by atoms with van der Waals surface area (Å²) < 4.78 is 3.06. The molecule has 0 aliphatic rings. The molecular weight excluding hydrogens is 286 g/mol. The number of thiophene rings is 1. The SMILES string of the molecule is CCc1nn(C)c(CNc2ccsc2)c1Br. The molecule has 0 aliphatic carbocycles. The summed E-state index contributed by atoms with van der Waals surface area (Å²) in [5.74, 6) is 0.